The maximum atomic E-state index is 13.2. The van der Waals surface area contributed by atoms with Crippen molar-refractivity contribution in [1.82, 2.24) is 19.7 Å². The zero-order chi connectivity index (χ0) is 25.1. The van der Waals surface area contributed by atoms with Crippen LogP contribution in [0.15, 0.2) is 78.2 Å². The molecule has 0 saturated carbocycles. The van der Waals surface area contributed by atoms with Gasteiger partial charge in [0.2, 0.25) is 5.91 Å². The van der Waals surface area contributed by atoms with Gasteiger partial charge in [0, 0.05) is 42.2 Å². The fourth-order valence-corrected chi connectivity index (χ4v) is 5.26. The minimum atomic E-state index is -0.0249. The zero-order valence-electron chi connectivity index (χ0n) is 20.3. The van der Waals surface area contributed by atoms with Crippen molar-refractivity contribution in [2.75, 3.05) is 17.2 Å². The maximum Gasteiger partial charge on any atom is 0.227 e. The maximum absolute atomic E-state index is 13.2. The molecule has 8 heteroatoms. The van der Waals surface area contributed by atoms with Crippen molar-refractivity contribution >= 4 is 29.1 Å². The van der Waals surface area contributed by atoms with Gasteiger partial charge in [-0.2, -0.15) is 0 Å². The fraction of sp³-hybridized carbons (Fsp3) is 0.250. The normalized spacial score (nSPS) is 13.5. The van der Waals surface area contributed by atoms with E-state index in [1.54, 1.807) is 23.4 Å². The molecule has 0 unspecified atom stereocenters. The molecular weight excluding hydrogens is 470 g/mol. The first-order valence-corrected chi connectivity index (χ1v) is 13.0. The lowest BCUT2D eigenvalue weighted by atomic mass is 10.0. The van der Waals surface area contributed by atoms with Crippen molar-refractivity contribution in [3.05, 3.63) is 84.2 Å². The van der Waals surface area contributed by atoms with E-state index in [9.17, 15) is 9.59 Å². The van der Waals surface area contributed by atoms with E-state index in [0.717, 1.165) is 23.4 Å². The van der Waals surface area contributed by atoms with Gasteiger partial charge >= 0.3 is 0 Å². The number of nitrogens with zero attached hydrogens (tertiary/aromatic N) is 5. The smallest absolute Gasteiger partial charge is 0.227 e. The lowest BCUT2D eigenvalue weighted by Gasteiger charge is -2.17. The van der Waals surface area contributed by atoms with Gasteiger partial charge in [-0.25, -0.2) is 0 Å². The number of ketones is 1. The number of rotatable bonds is 8. The molecule has 0 N–H and O–H groups in total. The van der Waals surface area contributed by atoms with Gasteiger partial charge in [0.15, 0.2) is 16.8 Å². The number of carbonyl (C=O) groups is 2. The van der Waals surface area contributed by atoms with E-state index in [0.29, 0.717) is 35.4 Å². The molecule has 0 spiro atoms. The number of carbonyl (C=O) groups excluding carboxylic acids is 2. The molecule has 3 heterocycles. The SMILES string of the molecule is CC(C)c1ccccc1-n1c(SCC(=O)c2cccc(N3CCCC3=O)c2)nnc1-c1cccnc1. The number of amides is 1. The topological polar surface area (TPSA) is 81.0 Å². The summed E-state index contributed by atoms with van der Waals surface area (Å²) in [4.78, 5) is 31.3. The largest absolute Gasteiger partial charge is 0.312 e. The van der Waals surface area contributed by atoms with Crippen molar-refractivity contribution < 1.29 is 9.59 Å². The predicted molar refractivity (Wildman–Crippen MR) is 142 cm³/mol. The summed E-state index contributed by atoms with van der Waals surface area (Å²) in [7, 11) is 0. The standard InChI is InChI=1S/C28H27N5O2S/c1-19(2)23-11-3-4-12-24(23)33-27(21-9-6-14-29-17-21)30-31-28(33)36-18-25(34)20-8-5-10-22(16-20)32-15-7-13-26(32)35/h3-6,8-12,14,16-17,19H,7,13,15,18H2,1-2H3. The molecule has 1 aliphatic heterocycles. The average molecular weight is 498 g/mol. The fourth-order valence-electron chi connectivity index (χ4n) is 4.42. The van der Waals surface area contributed by atoms with E-state index in [1.807, 2.05) is 47.0 Å². The zero-order valence-corrected chi connectivity index (χ0v) is 21.1. The second kappa shape index (κ2) is 10.5. The summed E-state index contributed by atoms with van der Waals surface area (Å²) >= 11 is 1.36. The van der Waals surface area contributed by atoms with Crippen LogP contribution < -0.4 is 4.90 Å². The summed E-state index contributed by atoms with van der Waals surface area (Å²) in [5.41, 5.74) is 4.37. The summed E-state index contributed by atoms with van der Waals surface area (Å²) in [6, 6.07) is 19.3. The Morgan fingerprint density at radius 1 is 1.06 bits per heavy atom. The third-order valence-electron chi connectivity index (χ3n) is 6.24. The Kier molecular flexibility index (Phi) is 6.95. The van der Waals surface area contributed by atoms with Crippen LogP contribution in [-0.4, -0.2) is 43.7 Å². The number of Topliss-reactive ketones (excluding diaryl/α,β-unsaturated/α-hetero) is 1. The Labute approximate surface area is 214 Å². The van der Waals surface area contributed by atoms with Crippen LogP contribution in [0.2, 0.25) is 0 Å². The molecule has 2 aromatic heterocycles. The predicted octanol–water partition coefficient (Wildman–Crippen LogP) is 5.55. The van der Waals surface area contributed by atoms with Crippen LogP contribution in [0.5, 0.6) is 0 Å². The van der Waals surface area contributed by atoms with E-state index < -0.39 is 0 Å². The Balaban J connectivity index is 1.45. The quantitative estimate of drug-likeness (QED) is 0.234. The number of hydrogen-bond donors (Lipinski definition) is 0. The molecule has 2 aromatic carbocycles. The Bertz CT molecular complexity index is 1400. The Morgan fingerprint density at radius 3 is 2.67 bits per heavy atom. The number of anilines is 1. The summed E-state index contributed by atoms with van der Waals surface area (Å²) < 4.78 is 2.02. The molecule has 0 bridgehead atoms. The molecule has 1 fully saturated rings. The van der Waals surface area contributed by atoms with Crippen molar-refractivity contribution in [2.24, 2.45) is 0 Å². The van der Waals surface area contributed by atoms with Gasteiger partial charge in [-0.15, -0.1) is 10.2 Å². The molecule has 4 aromatic rings. The Hall–Kier alpha value is -3.78. The van der Waals surface area contributed by atoms with Crippen LogP contribution in [0.4, 0.5) is 5.69 Å². The highest BCUT2D eigenvalue weighted by atomic mass is 32.2. The van der Waals surface area contributed by atoms with Gasteiger partial charge in [0.25, 0.3) is 0 Å². The molecule has 36 heavy (non-hydrogen) atoms. The van der Waals surface area contributed by atoms with Crippen molar-refractivity contribution in [3.8, 4) is 17.1 Å². The van der Waals surface area contributed by atoms with E-state index >= 15 is 0 Å². The summed E-state index contributed by atoms with van der Waals surface area (Å²) in [5.74, 6) is 1.25. The molecule has 0 atom stereocenters. The second-order valence-corrected chi connectivity index (χ2v) is 9.95. The molecule has 0 radical (unpaired) electrons. The minimum Gasteiger partial charge on any atom is -0.312 e. The number of thioether (sulfide) groups is 1. The molecular formula is C28H27N5O2S. The summed E-state index contributed by atoms with van der Waals surface area (Å²) in [6.45, 7) is 5.00. The van der Waals surface area contributed by atoms with Gasteiger partial charge in [-0.05, 0) is 48.2 Å². The summed E-state index contributed by atoms with van der Waals surface area (Å²) in [5, 5.41) is 9.59. The molecule has 1 aliphatic rings. The van der Waals surface area contributed by atoms with E-state index in [4.69, 9.17) is 0 Å². The highest BCUT2D eigenvalue weighted by molar-refractivity contribution is 7.99. The van der Waals surface area contributed by atoms with Crippen LogP contribution >= 0.6 is 11.8 Å². The van der Waals surface area contributed by atoms with E-state index in [2.05, 4.69) is 41.2 Å². The van der Waals surface area contributed by atoms with Gasteiger partial charge < -0.3 is 4.90 Å². The molecule has 0 aliphatic carbocycles. The van der Waals surface area contributed by atoms with E-state index in [-0.39, 0.29) is 17.4 Å². The monoisotopic (exact) mass is 497 g/mol. The lowest BCUT2D eigenvalue weighted by molar-refractivity contribution is -0.117. The van der Waals surface area contributed by atoms with Crippen LogP contribution in [0.3, 0.4) is 0 Å². The first-order valence-electron chi connectivity index (χ1n) is 12.0. The summed E-state index contributed by atoms with van der Waals surface area (Å²) in [6.07, 6.45) is 4.90. The molecule has 1 saturated heterocycles. The van der Waals surface area contributed by atoms with Crippen LogP contribution in [-0.2, 0) is 4.79 Å². The van der Waals surface area contributed by atoms with Crippen LogP contribution in [0, 0.1) is 0 Å². The minimum absolute atomic E-state index is 0.0249. The third-order valence-corrected chi connectivity index (χ3v) is 7.17. The average Bonchev–Trinajstić information content (AvgIpc) is 3.54. The number of benzene rings is 2. The van der Waals surface area contributed by atoms with Gasteiger partial charge in [0.05, 0.1) is 11.4 Å². The van der Waals surface area contributed by atoms with Crippen LogP contribution in [0.25, 0.3) is 17.1 Å². The number of pyridine rings is 1. The highest BCUT2D eigenvalue weighted by Gasteiger charge is 2.23. The van der Waals surface area contributed by atoms with Crippen molar-refractivity contribution in [2.45, 2.75) is 37.8 Å². The molecule has 5 rings (SSSR count). The second-order valence-electron chi connectivity index (χ2n) is 9.01. The Morgan fingerprint density at radius 2 is 1.92 bits per heavy atom. The number of aromatic nitrogens is 4. The van der Waals surface area contributed by atoms with Gasteiger partial charge in [-0.3, -0.25) is 19.1 Å². The number of hydrogen-bond acceptors (Lipinski definition) is 6. The molecule has 1 amide bonds. The molecule has 182 valence electrons. The lowest BCUT2D eigenvalue weighted by Crippen LogP contribution is -2.23. The van der Waals surface area contributed by atoms with E-state index in [1.165, 1.54) is 17.3 Å². The third kappa shape index (κ3) is 4.81. The van der Waals surface area contributed by atoms with Gasteiger partial charge in [-0.1, -0.05) is 55.9 Å². The first-order chi connectivity index (χ1) is 17.5. The van der Waals surface area contributed by atoms with Crippen LogP contribution in [0.1, 0.15) is 48.5 Å². The molecule has 7 nitrogen and oxygen atoms in total. The highest BCUT2D eigenvalue weighted by Crippen LogP contribution is 2.32. The number of para-hydroxylation sites is 1. The first kappa shape index (κ1) is 23.9. The van der Waals surface area contributed by atoms with Crippen molar-refractivity contribution in [1.29, 1.82) is 0 Å². The van der Waals surface area contributed by atoms with Gasteiger partial charge in [0.1, 0.15) is 0 Å². The van der Waals surface area contributed by atoms with Crippen molar-refractivity contribution in [3.63, 3.8) is 0 Å².